The smallest absolute Gasteiger partial charge is 0.0471 e. The lowest BCUT2D eigenvalue weighted by Crippen LogP contribution is -2.33. The monoisotopic (exact) mass is 213 g/mol. The lowest BCUT2D eigenvalue weighted by Gasteiger charge is -2.18. The highest BCUT2D eigenvalue weighted by Crippen LogP contribution is 2.15. The number of aliphatic hydroxyl groups is 1. The van der Waals surface area contributed by atoms with E-state index in [4.69, 9.17) is 5.11 Å². The van der Waals surface area contributed by atoms with E-state index in [9.17, 15) is 0 Å². The second-order valence-corrected chi connectivity index (χ2v) is 5.21. The van der Waals surface area contributed by atoms with Gasteiger partial charge in [-0.05, 0) is 31.9 Å². The van der Waals surface area contributed by atoms with E-state index in [-0.39, 0.29) is 6.61 Å². The molecular weight excluding hydrogens is 194 g/mol. The van der Waals surface area contributed by atoms with Crippen molar-refractivity contribution in [3.8, 4) is 0 Å². The van der Waals surface area contributed by atoms with Gasteiger partial charge in [0.2, 0.25) is 0 Å². The fraction of sp³-hybridized carbons (Fsp3) is 0.636. The first-order valence-electron chi connectivity index (χ1n) is 5.03. The van der Waals surface area contributed by atoms with Gasteiger partial charge in [-0.15, -0.1) is 11.3 Å². The number of nitrogens with one attached hydrogen (secondary N) is 1. The molecule has 2 N–H and O–H groups in total. The largest absolute Gasteiger partial charge is 0.396 e. The Labute approximate surface area is 90.0 Å². The van der Waals surface area contributed by atoms with Crippen molar-refractivity contribution in [2.24, 2.45) is 5.92 Å². The summed E-state index contributed by atoms with van der Waals surface area (Å²) >= 11 is 1.82. The summed E-state index contributed by atoms with van der Waals surface area (Å²) in [5.41, 5.74) is 0. The summed E-state index contributed by atoms with van der Waals surface area (Å²) < 4.78 is 0. The molecule has 0 fully saturated rings. The van der Waals surface area contributed by atoms with Crippen molar-refractivity contribution in [3.05, 3.63) is 21.9 Å². The van der Waals surface area contributed by atoms with Gasteiger partial charge in [0.15, 0.2) is 0 Å². The summed E-state index contributed by atoms with van der Waals surface area (Å²) in [5, 5.41) is 12.4. The van der Waals surface area contributed by atoms with Crippen LogP contribution in [0.2, 0.25) is 0 Å². The van der Waals surface area contributed by atoms with Gasteiger partial charge in [-0.1, -0.05) is 6.92 Å². The fourth-order valence-electron chi connectivity index (χ4n) is 1.20. The van der Waals surface area contributed by atoms with Gasteiger partial charge < -0.3 is 10.4 Å². The van der Waals surface area contributed by atoms with E-state index in [2.05, 4.69) is 38.2 Å². The van der Waals surface area contributed by atoms with Crippen molar-refractivity contribution >= 4 is 11.3 Å². The molecule has 1 aromatic heterocycles. The molecule has 80 valence electrons. The SMILES string of the molecule is Cc1ccc(CNC(C)C(C)CO)s1. The second kappa shape index (κ2) is 5.49. The van der Waals surface area contributed by atoms with Crippen LogP contribution in [-0.2, 0) is 6.54 Å². The highest BCUT2D eigenvalue weighted by atomic mass is 32.1. The predicted octanol–water partition coefficient (Wildman–Crippen LogP) is 2.16. The van der Waals surface area contributed by atoms with Crippen molar-refractivity contribution < 1.29 is 5.11 Å². The lowest BCUT2D eigenvalue weighted by molar-refractivity contribution is 0.207. The second-order valence-electron chi connectivity index (χ2n) is 3.84. The van der Waals surface area contributed by atoms with Crippen LogP contribution in [0, 0.1) is 12.8 Å². The molecule has 0 bridgehead atoms. The van der Waals surface area contributed by atoms with Gasteiger partial charge >= 0.3 is 0 Å². The molecule has 2 nitrogen and oxygen atoms in total. The zero-order valence-corrected chi connectivity index (χ0v) is 9.90. The molecule has 2 unspecified atom stereocenters. The highest BCUT2D eigenvalue weighted by molar-refractivity contribution is 7.11. The Hall–Kier alpha value is -0.380. The van der Waals surface area contributed by atoms with E-state index >= 15 is 0 Å². The van der Waals surface area contributed by atoms with Crippen molar-refractivity contribution in [3.63, 3.8) is 0 Å². The number of aryl methyl sites for hydroxylation is 1. The van der Waals surface area contributed by atoms with Gasteiger partial charge in [-0.3, -0.25) is 0 Å². The van der Waals surface area contributed by atoms with E-state index in [1.165, 1.54) is 9.75 Å². The van der Waals surface area contributed by atoms with Crippen LogP contribution < -0.4 is 5.32 Å². The maximum atomic E-state index is 8.97. The van der Waals surface area contributed by atoms with Gasteiger partial charge in [0.1, 0.15) is 0 Å². The average molecular weight is 213 g/mol. The Morgan fingerprint density at radius 1 is 1.43 bits per heavy atom. The molecule has 0 radical (unpaired) electrons. The van der Waals surface area contributed by atoms with Crippen molar-refractivity contribution in [2.45, 2.75) is 33.4 Å². The van der Waals surface area contributed by atoms with Gasteiger partial charge in [-0.2, -0.15) is 0 Å². The number of hydrogen-bond donors (Lipinski definition) is 2. The van der Waals surface area contributed by atoms with E-state index in [1.54, 1.807) is 0 Å². The normalized spacial score (nSPS) is 15.4. The van der Waals surface area contributed by atoms with Crippen LogP contribution in [0.4, 0.5) is 0 Å². The van der Waals surface area contributed by atoms with E-state index < -0.39 is 0 Å². The molecule has 0 saturated carbocycles. The zero-order chi connectivity index (χ0) is 10.6. The van der Waals surface area contributed by atoms with Gasteiger partial charge in [-0.25, -0.2) is 0 Å². The van der Waals surface area contributed by atoms with Crippen molar-refractivity contribution in [1.29, 1.82) is 0 Å². The summed E-state index contributed by atoms with van der Waals surface area (Å²) in [5.74, 6) is 0.316. The maximum Gasteiger partial charge on any atom is 0.0471 e. The molecule has 1 aromatic rings. The van der Waals surface area contributed by atoms with Crippen LogP contribution in [0.5, 0.6) is 0 Å². The Morgan fingerprint density at radius 3 is 2.64 bits per heavy atom. The summed E-state index contributed by atoms with van der Waals surface area (Å²) in [7, 11) is 0. The quantitative estimate of drug-likeness (QED) is 0.785. The molecule has 0 aromatic carbocycles. The van der Waals surface area contributed by atoms with Crippen LogP contribution in [-0.4, -0.2) is 17.8 Å². The first-order chi connectivity index (χ1) is 6.63. The Morgan fingerprint density at radius 2 is 2.14 bits per heavy atom. The highest BCUT2D eigenvalue weighted by Gasteiger charge is 2.10. The minimum atomic E-state index is 0.248. The molecule has 0 saturated heterocycles. The number of hydrogen-bond acceptors (Lipinski definition) is 3. The van der Waals surface area contributed by atoms with Crippen molar-refractivity contribution in [2.75, 3.05) is 6.61 Å². The number of aliphatic hydroxyl groups excluding tert-OH is 1. The summed E-state index contributed by atoms with van der Waals surface area (Å²) in [6.07, 6.45) is 0. The summed E-state index contributed by atoms with van der Waals surface area (Å²) in [6.45, 7) is 7.44. The lowest BCUT2D eigenvalue weighted by atomic mass is 10.1. The molecule has 2 atom stereocenters. The van der Waals surface area contributed by atoms with Crippen LogP contribution in [0.1, 0.15) is 23.6 Å². The van der Waals surface area contributed by atoms with E-state index in [1.807, 2.05) is 11.3 Å². The molecule has 0 amide bonds. The third-order valence-electron chi connectivity index (χ3n) is 2.54. The van der Waals surface area contributed by atoms with Crippen molar-refractivity contribution in [1.82, 2.24) is 5.32 Å². The third kappa shape index (κ3) is 3.40. The minimum absolute atomic E-state index is 0.248. The van der Waals surface area contributed by atoms with Crippen LogP contribution in [0.3, 0.4) is 0 Å². The zero-order valence-electron chi connectivity index (χ0n) is 9.08. The Bertz CT molecular complexity index is 272. The molecule has 1 heterocycles. The first kappa shape index (κ1) is 11.7. The molecule has 0 spiro atoms. The van der Waals surface area contributed by atoms with Gasteiger partial charge in [0.25, 0.3) is 0 Å². The van der Waals surface area contributed by atoms with E-state index in [0.717, 1.165) is 6.54 Å². The molecule has 0 aliphatic heterocycles. The van der Waals surface area contributed by atoms with Gasteiger partial charge in [0, 0.05) is 28.9 Å². The number of thiophene rings is 1. The predicted molar refractivity (Wildman–Crippen MR) is 61.6 cm³/mol. The Kier molecular flexibility index (Phi) is 4.58. The maximum absolute atomic E-state index is 8.97. The van der Waals surface area contributed by atoms with Gasteiger partial charge in [0.05, 0.1) is 0 Å². The minimum Gasteiger partial charge on any atom is -0.396 e. The molecule has 0 aliphatic rings. The number of rotatable bonds is 5. The van der Waals surface area contributed by atoms with Crippen LogP contribution >= 0.6 is 11.3 Å². The molecule has 3 heteroatoms. The molecular formula is C11H19NOS. The molecule has 1 rings (SSSR count). The topological polar surface area (TPSA) is 32.3 Å². The van der Waals surface area contributed by atoms with Crippen LogP contribution in [0.15, 0.2) is 12.1 Å². The Balaban J connectivity index is 2.33. The van der Waals surface area contributed by atoms with Crippen LogP contribution in [0.25, 0.3) is 0 Å². The third-order valence-corrected chi connectivity index (χ3v) is 3.54. The molecule has 0 aliphatic carbocycles. The molecule has 14 heavy (non-hydrogen) atoms. The summed E-state index contributed by atoms with van der Waals surface area (Å²) in [6, 6.07) is 4.66. The standard InChI is InChI=1S/C11H19NOS/c1-8(7-13)10(3)12-6-11-5-4-9(2)14-11/h4-5,8,10,12-13H,6-7H2,1-3H3. The average Bonchev–Trinajstić information content (AvgIpc) is 2.59. The fourth-order valence-corrected chi connectivity index (χ4v) is 2.04. The van der Waals surface area contributed by atoms with E-state index in [0.29, 0.717) is 12.0 Å². The summed E-state index contributed by atoms with van der Waals surface area (Å²) in [4.78, 5) is 2.71. The first-order valence-corrected chi connectivity index (χ1v) is 5.84.